The molecule has 0 unspecified atom stereocenters. The molecule has 166 valence electrons. The molecule has 1 saturated heterocycles. The standard InChI is InChI=1S/C19H28N4O6S/c1-13(2)30(26,27)23-9-7-21(8-10-23)18(24)15-14(3)29-17-16(15)19(25)22(12-20-17)6-5-11-28-4/h12-13H,5-11H2,1-4H3. The Balaban J connectivity index is 1.86. The molecule has 0 radical (unpaired) electrons. The van der Waals surface area contributed by atoms with Gasteiger partial charge in [-0.1, -0.05) is 0 Å². The fourth-order valence-electron chi connectivity index (χ4n) is 3.54. The van der Waals surface area contributed by atoms with Gasteiger partial charge >= 0.3 is 0 Å². The summed E-state index contributed by atoms with van der Waals surface area (Å²) in [6, 6.07) is 0. The molecule has 1 aliphatic heterocycles. The number of nitrogens with zero attached hydrogens (tertiary/aromatic N) is 4. The van der Waals surface area contributed by atoms with Crippen molar-refractivity contribution < 1.29 is 22.4 Å². The molecule has 3 heterocycles. The zero-order valence-electron chi connectivity index (χ0n) is 17.8. The highest BCUT2D eigenvalue weighted by Gasteiger charge is 2.33. The van der Waals surface area contributed by atoms with Crippen LogP contribution in [0.15, 0.2) is 15.5 Å². The van der Waals surface area contributed by atoms with E-state index in [0.717, 1.165) is 0 Å². The number of fused-ring (bicyclic) bond motifs is 1. The van der Waals surface area contributed by atoms with E-state index in [-0.39, 0.29) is 54.3 Å². The second kappa shape index (κ2) is 8.86. The minimum Gasteiger partial charge on any atom is -0.442 e. The SMILES string of the molecule is COCCCn1cnc2oc(C)c(C(=O)N3CCN(S(=O)(=O)C(C)C)CC3)c2c1=O. The molecule has 0 spiro atoms. The zero-order chi connectivity index (χ0) is 22.1. The summed E-state index contributed by atoms with van der Waals surface area (Å²) in [4.78, 5) is 31.9. The number of methoxy groups -OCH3 is 1. The average Bonchev–Trinajstić information content (AvgIpc) is 3.06. The Bertz CT molecular complexity index is 1080. The van der Waals surface area contributed by atoms with Crippen molar-refractivity contribution in [3.8, 4) is 0 Å². The number of rotatable bonds is 7. The number of aromatic nitrogens is 2. The number of hydrogen-bond acceptors (Lipinski definition) is 7. The van der Waals surface area contributed by atoms with E-state index >= 15 is 0 Å². The Kier molecular flexibility index (Phi) is 6.63. The molecule has 1 aliphatic rings. The molecule has 2 aromatic heterocycles. The van der Waals surface area contributed by atoms with Crippen LogP contribution < -0.4 is 5.56 Å². The number of ether oxygens (including phenoxy) is 1. The maximum absolute atomic E-state index is 13.2. The minimum atomic E-state index is -3.37. The molecular weight excluding hydrogens is 412 g/mol. The van der Waals surface area contributed by atoms with Crippen LogP contribution in [0.1, 0.15) is 36.4 Å². The lowest BCUT2D eigenvalue weighted by atomic mass is 10.1. The van der Waals surface area contributed by atoms with Gasteiger partial charge in [-0.15, -0.1) is 0 Å². The summed E-state index contributed by atoms with van der Waals surface area (Å²) in [5.74, 6) is -0.0205. The van der Waals surface area contributed by atoms with E-state index in [1.807, 2.05) is 0 Å². The van der Waals surface area contributed by atoms with Crippen molar-refractivity contribution in [3.63, 3.8) is 0 Å². The van der Waals surface area contributed by atoms with Crippen LogP contribution in [0.2, 0.25) is 0 Å². The summed E-state index contributed by atoms with van der Waals surface area (Å²) in [5.41, 5.74) is -0.00838. The second-order valence-electron chi connectivity index (χ2n) is 7.59. The van der Waals surface area contributed by atoms with Gasteiger partial charge in [-0.2, -0.15) is 4.31 Å². The monoisotopic (exact) mass is 440 g/mol. The van der Waals surface area contributed by atoms with E-state index in [2.05, 4.69) is 4.98 Å². The summed E-state index contributed by atoms with van der Waals surface area (Å²) < 4.78 is 38.2. The first-order valence-electron chi connectivity index (χ1n) is 9.94. The first kappa shape index (κ1) is 22.4. The highest BCUT2D eigenvalue weighted by Crippen LogP contribution is 2.24. The topological polar surface area (TPSA) is 115 Å². The Labute approximate surface area is 175 Å². The van der Waals surface area contributed by atoms with E-state index in [0.29, 0.717) is 25.3 Å². The Morgan fingerprint density at radius 2 is 1.93 bits per heavy atom. The molecule has 11 heteroatoms. The molecule has 2 aromatic rings. The molecular formula is C19H28N4O6S. The predicted octanol–water partition coefficient (Wildman–Crippen LogP) is 0.830. The summed E-state index contributed by atoms with van der Waals surface area (Å²) in [7, 11) is -1.78. The van der Waals surface area contributed by atoms with Gasteiger partial charge in [0.05, 0.1) is 10.8 Å². The van der Waals surface area contributed by atoms with Crippen molar-refractivity contribution in [2.24, 2.45) is 0 Å². The summed E-state index contributed by atoms with van der Waals surface area (Å²) in [6.07, 6.45) is 2.04. The Hall–Kier alpha value is -2.24. The molecule has 0 N–H and O–H groups in total. The van der Waals surface area contributed by atoms with Crippen LogP contribution in [-0.2, 0) is 21.3 Å². The summed E-state index contributed by atoms with van der Waals surface area (Å²) in [6.45, 7) is 6.77. The van der Waals surface area contributed by atoms with Crippen LogP contribution >= 0.6 is 0 Å². The number of carbonyl (C=O) groups is 1. The quantitative estimate of drug-likeness (QED) is 0.586. The van der Waals surface area contributed by atoms with Gasteiger partial charge in [0.1, 0.15) is 17.5 Å². The maximum Gasteiger partial charge on any atom is 0.265 e. The van der Waals surface area contributed by atoms with Gasteiger partial charge in [0.15, 0.2) is 0 Å². The van der Waals surface area contributed by atoms with Crippen LogP contribution in [0, 0.1) is 6.92 Å². The number of piperazine rings is 1. The Morgan fingerprint density at radius 3 is 2.53 bits per heavy atom. The summed E-state index contributed by atoms with van der Waals surface area (Å²) in [5, 5.41) is -0.350. The highest BCUT2D eigenvalue weighted by molar-refractivity contribution is 7.89. The average molecular weight is 441 g/mol. The van der Waals surface area contributed by atoms with Crippen molar-refractivity contribution in [2.75, 3.05) is 39.9 Å². The van der Waals surface area contributed by atoms with Crippen molar-refractivity contribution in [1.82, 2.24) is 18.8 Å². The Morgan fingerprint density at radius 1 is 1.27 bits per heavy atom. The molecule has 0 saturated carbocycles. The lowest BCUT2D eigenvalue weighted by Crippen LogP contribution is -2.52. The van der Waals surface area contributed by atoms with Gasteiger partial charge in [0.2, 0.25) is 15.7 Å². The highest BCUT2D eigenvalue weighted by atomic mass is 32.2. The first-order chi connectivity index (χ1) is 14.2. The second-order valence-corrected chi connectivity index (χ2v) is 10.1. The largest absolute Gasteiger partial charge is 0.442 e. The smallest absolute Gasteiger partial charge is 0.265 e. The third-order valence-electron chi connectivity index (χ3n) is 5.30. The van der Waals surface area contributed by atoms with E-state index in [4.69, 9.17) is 9.15 Å². The molecule has 30 heavy (non-hydrogen) atoms. The van der Waals surface area contributed by atoms with Gasteiger partial charge in [-0.05, 0) is 27.2 Å². The van der Waals surface area contributed by atoms with E-state index in [1.54, 1.807) is 32.8 Å². The molecule has 10 nitrogen and oxygen atoms in total. The molecule has 0 bridgehead atoms. The number of aryl methyl sites for hydroxylation is 2. The van der Waals surface area contributed by atoms with Gasteiger partial charge in [0.25, 0.3) is 11.5 Å². The van der Waals surface area contributed by atoms with Gasteiger partial charge in [-0.3, -0.25) is 14.2 Å². The minimum absolute atomic E-state index is 0.130. The number of sulfonamides is 1. The number of furan rings is 1. The molecule has 0 atom stereocenters. The van der Waals surface area contributed by atoms with Gasteiger partial charge in [0, 0.05) is 46.4 Å². The third kappa shape index (κ3) is 4.14. The van der Waals surface area contributed by atoms with Crippen molar-refractivity contribution >= 4 is 27.0 Å². The van der Waals surface area contributed by atoms with Crippen LogP contribution in [0.4, 0.5) is 0 Å². The van der Waals surface area contributed by atoms with Crippen LogP contribution in [-0.4, -0.2) is 78.2 Å². The van der Waals surface area contributed by atoms with Crippen LogP contribution in [0.3, 0.4) is 0 Å². The lowest BCUT2D eigenvalue weighted by molar-refractivity contribution is 0.0697. The fraction of sp³-hybridized carbons (Fsp3) is 0.632. The van der Waals surface area contributed by atoms with Crippen molar-refractivity contribution in [3.05, 3.63) is 28.0 Å². The van der Waals surface area contributed by atoms with E-state index in [9.17, 15) is 18.0 Å². The molecule has 1 amide bonds. The van der Waals surface area contributed by atoms with E-state index < -0.39 is 15.3 Å². The van der Waals surface area contributed by atoms with Crippen LogP contribution in [0.25, 0.3) is 11.1 Å². The van der Waals surface area contributed by atoms with E-state index in [1.165, 1.54) is 15.2 Å². The van der Waals surface area contributed by atoms with Gasteiger partial charge in [-0.25, -0.2) is 13.4 Å². The van der Waals surface area contributed by atoms with Crippen LogP contribution in [0.5, 0.6) is 0 Å². The number of carbonyl (C=O) groups excluding carboxylic acids is 1. The predicted molar refractivity (Wildman–Crippen MR) is 111 cm³/mol. The third-order valence-corrected chi connectivity index (χ3v) is 7.57. The first-order valence-corrected chi connectivity index (χ1v) is 11.4. The molecule has 3 rings (SSSR count). The number of hydrogen-bond donors (Lipinski definition) is 0. The zero-order valence-corrected chi connectivity index (χ0v) is 18.6. The fourth-order valence-corrected chi connectivity index (χ4v) is 4.80. The van der Waals surface area contributed by atoms with Gasteiger partial charge < -0.3 is 14.1 Å². The lowest BCUT2D eigenvalue weighted by Gasteiger charge is -2.34. The normalized spacial score (nSPS) is 16.0. The molecule has 1 fully saturated rings. The molecule has 0 aliphatic carbocycles. The van der Waals surface area contributed by atoms with Crippen molar-refractivity contribution in [2.45, 2.75) is 39.0 Å². The molecule has 0 aromatic carbocycles. The maximum atomic E-state index is 13.2. The number of amides is 1. The summed E-state index contributed by atoms with van der Waals surface area (Å²) >= 11 is 0. The van der Waals surface area contributed by atoms with Crippen molar-refractivity contribution in [1.29, 1.82) is 0 Å².